The zero-order valence-corrected chi connectivity index (χ0v) is 30.0. The van der Waals surface area contributed by atoms with Crippen molar-refractivity contribution in [1.82, 2.24) is 16.0 Å². The van der Waals surface area contributed by atoms with Crippen LogP contribution in [0.15, 0.2) is 95.6 Å². The van der Waals surface area contributed by atoms with E-state index in [1.807, 2.05) is 18.2 Å². The van der Waals surface area contributed by atoms with Gasteiger partial charge in [0.2, 0.25) is 17.7 Å². The molecule has 0 radical (unpaired) electrons. The van der Waals surface area contributed by atoms with Gasteiger partial charge in [-0.05, 0) is 62.6 Å². The first-order valence-corrected chi connectivity index (χ1v) is 19.3. The lowest BCUT2D eigenvalue weighted by Gasteiger charge is -2.27. The Labute approximate surface area is 297 Å². The van der Waals surface area contributed by atoms with Crippen molar-refractivity contribution in [3.8, 4) is 0 Å². The van der Waals surface area contributed by atoms with Crippen LogP contribution in [0.2, 0.25) is 0 Å². The summed E-state index contributed by atoms with van der Waals surface area (Å²) in [5, 5.41) is 11.3. The van der Waals surface area contributed by atoms with E-state index in [-0.39, 0.29) is 37.5 Å². The number of hydrogen-bond acceptors (Lipinski definition) is 10. The second-order valence-corrected chi connectivity index (χ2v) is 15.5. The van der Waals surface area contributed by atoms with E-state index in [1.165, 1.54) is 15.9 Å². The number of rotatable bonds is 21. The van der Waals surface area contributed by atoms with Crippen molar-refractivity contribution in [1.29, 1.82) is 0 Å². The van der Waals surface area contributed by atoms with E-state index in [9.17, 15) is 28.9 Å². The number of nitrogens with one attached hydrogen (secondary N) is 3. The van der Waals surface area contributed by atoms with Crippen LogP contribution in [0.3, 0.4) is 0 Å². The molecule has 0 aliphatic rings. The molecule has 0 aliphatic heterocycles. The Kier molecular flexibility index (Phi) is 17.1. The number of unbranched alkanes of at least 4 members (excludes halogenated alkanes) is 1. The molecule has 3 N–H and O–H groups in total. The van der Waals surface area contributed by atoms with Gasteiger partial charge in [-0.3, -0.25) is 19.2 Å². The van der Waals surface area contributed by atoms with Crippen LogP contribution >= 0.6 is 19.2 Å². The predicted molar refractivity (Wildman–Crippen MR) is 197 cm³/mol. The average molecular weight is 724 g/mol. The number of nitroso groups, excluding NO2 is 1. The molecule has 0 bridgehead atoms. The molecule has 3 rings (SSSR count). The van der Waals surface area contributed by atoms with Crippen LogP contribution in [0.1, 0.15) is 39.0 Å². The zero-order chi connectivity index (χ0) is 36.2. The highest BCUT2D eigenvalue weighted by Gasteiger charge is 2.44. The second-order valence-electron chi connectivity index (χ2n) is 11.2. The quantitative estimate of drug-likeness (QED) is 0.0492. The summed E-state index contributed by atoms with van der Waals surface area (Å²) in [6.07, 6.45) is 2.00. The highest BCUT2D eigenvalue weighted by Crippen LogP contribution is 2.55. The summed E-state index contributed by atoms with van der Waals surface area (Å²) in [5.74, 6) is -3.22. The van der Waals surface area contributed by atoms with E-state index in [2.05, 4.69) is 98.1 Å². The van der Waals surface area contributed by atoms with Gasteiger partial charge < -0.3 is 25.4 Å². The summed E-state index contributed by atoms with van der Waals surface area (Å²) in [4.78, 5) is 73.2. The summed E-state index contributed by atoms with van der Waals surface area (Å²) in [7, 11) is -0.890. The standard InChI is InChI=1S/C36H43N4O8PS/c1-3-48-36(45)30(22-23-33(42)39-31(26-50-40-46)35(44)37-25-34(43)47-2)38-32(41)21-13-14-24-49(27-15-7-4-8-16-27,28-17-9-5-10-18-28)29-19-11-6-12-20-29/h4-12,15-20,30-31H,3,13-14,21-26H2,1-2H3,(H2-,37,38,39,41,42,44)/p+1/t30-,31-/m0/s1. The molecule has 50 heavy (non-hydrogen) atoms. The van der Waals surface area contributed by atoms with Gasteiger partial charge in [-0.15, -0.1) is 4.91 Å². The molecule has 0 aliphatic carbocycles. The third-order valence-corrected chi connectivity index (χ3v) is 13.0. The number of carbonyl (C=O) groups is 5. The minimum atomic E-state index is -2.05. The molecular formula is C36H44N4O8PS+. The van der Waals surface area contributed by atoms with Gasteiger partial charge in [0.1, 0.15) is 41.8 Å². The fourth-order valence-electron chi connectivity index (χ4n) is 5.46. The van der Waals surface area contributed by atoms with Crippen molar-refractivity contribution in [2.45, 2.75) is 51.1 Å². The summed E-state index contributed by atoms with van der Waals surface area (Å²) in [5.41, 5.74) is 0. The fraction of sp³-hybridized carbons (Fsp3) is 0.361. The maximum absolute atomic E-state index is 13.1. The molecule has 12 nitrogen and oxygen atoms in total. The van der Waals surface area contributed by atoms with E-state index in [0.717, 1.165) is 19.7 Å². The first kappa shape index (κ1) is 39.8. The molecule has 0 saturated heterocycles. The largest absolute Gasteiger partial charge is 0.468 e. The number of methoxy groups -OCH3 is 1. The van der Waals surface area contributed by atoms with Gasteiger partial charge in [0.25, 0.3) is 0 Å². The number of nitrogens with zero attached hydrogens (tertiary/aromatic N) is 1. The van der Waals surface area contributed by atoms with Gasteiger partial charge in [-0.25, -0.2) is 4.79 Å². The normalized spacial score (nSPS) is 12.1. The summed E-state index contributed by atoms with van der Waals surface area (Å²) >= 11 is 0.526. The summed E-state index contributed by atoms with van der Waals surface area (Å²) in [6, 6.07) is 29.2. The molecule has 0 saturated carbocycles. The number of esters is 2. The monoisotopic (exact) mass is 723 g/mol. The maximum Gasteiger partial charge on any atom is 0.328 e. The first-order valence-electron chi connectivity index (χ1n) is 16.3. The third kappa shape index (κ3) is 12.1. The van der Waals surface area contributed by atoms with Gasteiger partial charge in [-0.2, -0.15) is 0 Å². The molecule has 0 spiro atoms. The van der Waals surface area contributed by atoms with Crippen molar-refractivity contribution in [3.63, 3.8) is 0 Å². The first-order chi connectivity index (χ1) is 24.2. The van der Waals surface area contributed by atoms with Crippen LogP contribution in [-0.2, 0) is 33.4 Å². The van der Waals surface area contributed by atoms with Gasteiger partial charge >= 0.3 is 11.9 Å². The molecule has 3 aromatic carbocycles. The van der Waals surface area contributed by atoms with Crippen LogP contribution in [0, 0.1) is 4.91 Å². The van der Waals surface area contributed by atoms with Crippen molar-refractivity contribution < 1.29 is 33.4 Å². The van der Waals surface area contributed by atoms with Crippen molar-refractivity contribution in [2.75, 3.05) is 32.2 Å². The summed E-state index contributed by atoms with van der Waals surface area (Å²) in [6.45, 7) is 1.30. The van der Waals surface area contributed by atoms with E-state index in [1.54, 1.807) is 6.92 Å². The van der Waals surface area contributed by atoms with Gasteiger partial charge in [0.15, 0.2) is 0 Å². The Morgan fingerprint density at radius 2 is 1.28 bits per heavy atom. The summed E-state index contributed by atoms with van der Waals surface area (Å²) < 4.78 is 12.3. The number of hydrogen-bond donors (Lipinski definition) is 3. The molecule has 0 aromatic heterocycles. The molecule has 0 fully saturated rings. The van der Waals surface area contributed by atoms with Gasteiger partial charge in [-0.1, -0.05) is 54.6 Å². The average Bonchev–Trinajstić information content (AvgIpc) is 3.15. The predicted octanol–water partition coefficient (Wildman–Crippen LogP) is 3.17. The minimum absolute atomic E-state index is 0.0833. The van der Waals surface area contributed by atoms with Crippen molar-refractivity contribution in [2.24, 2.45) is 4.58 Å². The van der Waals surface area contributed by atoms with E-state index < -0.39 is 49.6 Å². The Morgan fingerprint density at radius 3 is 1.78 bits per heavy atom. The highest BCUT2D eigenvalue weighted by atomic mass is 32.2. The molecule has 2 atom stereocenters. The number of carbonyl (C=O) groups excluding carboxylic acids is 5. The number of ether oxygens (including phenoxy) is 2. The Hall–Kier alpha value is -4.61. The van der Waals surface area contributed by atoms with E-state index in [4.69, 9.17) is 4.74 Å². The van der Waals surface area contributed by atoms with Gasteiger partial charge in [0.05, 0.1) is 19.9 Å². The van der Waals surface area contributed by atoms with E-state index >= 15 is 0 Å². The topological polar surface area (TPSA) is 169 Å². The van der Waals surface area contributed by atoms with Crippen LogP contribution in [0.5, 0.6) is 0 Å². The molecule has 3 amide bonds. The van der Waals surface area contributed by atoms with Crippen molar-refractivity contribution >= 4 is 64.8 Å². The van der Waals surface area contributed by atoms with Crippen molar-refractivity contribution in [3.05, 3.63) is 95.9 Å². The van der Waals surface area contributed by atoms with Crippen LogP contribution in [0.4, 0.5) is 0 Å². The second kappa shape index (κ2) is 21.5. The number of amides is 3. The molecule has 14 heteroatoms. The molecule has 266 valence electrons. The lowest BCUT2D eigenvalue weighted by Crippen LogP contribution is -2.50. The number of benzene rings is 3. The van der Waals surface area contributed by atoms with Gasteiger partial charge in [0, 0.05) is 35.1 Å². The molecule has 0 unspecified atom stereocenters. The van der Waals surface area contributed by atoms with Crippen LogP contribution in [0.25, 0.3) is 0 Å². The third-order valence-electron chi connectivity index (χ3n) is 7.88. The lowest BCUT2D eigenvalue weighted by atomic mass is 10.1. The Balaban J connectivity index is 1.64. The lowest BCUT2D eigenvalue weighted by molar-refractivity contribution is -0.147. The smallest absolute Gasteiger partial charge is 0.328 e. The fourth-order valence-corrected chi connectivity index (χ4v) is 10.3. The van der Waals surface area contributed by atoms with E-state index in [0.29, 0.717) is 18.4 Å². The SMILES string of the molecule is CCOC(=O)[C@H](CCC(=O)N[C@@H](CSN=O)C(=O)NCC(=O)OC)NC(=O)CCCC[P+](c1ccccc1)(c1ccccc1)c1ccccc1. The zero-order valence-electron chi connectivity index (χ0n) is 28.2. The highest BCUT2D eigenvalue weighted by molar-refractivity contribution is 7.98. The minimum Gasteiger partial charge on any atom is -0.468 e. The maximum atomic E-state index is 13.1. The van der Waals surface area contributed by atoms with Crippen LogP contribution in [-0.4, -0.2) is 73.9 Å². The molecular weight excluding hydrogens is 679 g/mol. The molecule has 3 aromatic rings. The van der Waals surface area contributed by atoms with Crippen LogP contribution < -0.4 is 31.9 Å². The Bertz CT molecular complexity index is 1450. The molecule has 0 heterocycles. The Morgan fingerprint density at radius 1 is 0.760 bits per heavy atom.